The summed E-state index contributed by atoms with van der Waals surface area (Å²) >= 11 is 0. The Morgan fingerprint density at radius 2 is 2.47 bits per heavy atom. The van der Waals surface area contributed by atoms with Crippen LogP contribution in [0.4, 0.5) is 5.82 Å². The van der Waals surface area contributed by atoms with E-state index in [0.29, 0.717) is 12.4 Å². The predicted molar refractivity (Wildman–Crippen MR) is 56.1 cm³/mol. The van der Waals surface area contributed by atoms with E-state index in [9.17, 15) is 4.79 Å². The van der Waals surface area contributed by atoms with Crippen molar-refractivity contribution in [2.45, 2.75) is 19.3 Å². The van der Waals surface area contributed by atoms with E-state index in [1.54, 1.807) is 12.3 Å². The summed E-state index contributed by atoms with van der Waals surface area (Å²) in [6, 6.07) is 3.68. The van der Waals surface area contributed by atoms with Gasteiger partial charge in [-0.3, -0.25) is 4.79 Å². The number of nitrogens with zero attached hydrogens (tertiary/aromatic N) is 1. The summed E-state index contributed by atoms with van der Waals surface area (Å²) in [5, 5.41) is 0. The second-order valence-electron chi connectivity index (χ2n) is 3.72. The van der Waals surface area contributed by atoms with Crippen molar-refractivity contribution < 1.29 is 9.53 Å². The highest BCUT2D eigenvalue weighted by atomic mass is 16.5. The minimum atomic E-state index is -0.0978. The molecule has 1 aromatic heterocycles. The average molecular weight is 206 g/mol. The number of carbonyl (C=O) groups excluding carboxylic acids is 1. The number of ether oxygens (including phenoxy) is 1. The fourth-order valence-corrected chi connectivity index (χ4v) is 1.71. The normalized spacial score (nSPS) is 23.5. The molecular formula is C11H14N2O2. The summed E-state index contributed by atoms with van der Waals surface area (Å²) in [5.74, 6) is 0.707. The van der Waals surface area contributed by atoms with Crippen molar-refractivity contribution >= 4 is 11.8 Å². The lowest BCUT2D eigenvalue weighted by molar-refractivity contribution is -0.144. The Balaban J connectivity index is 1.98. The molecule has 0 saturated heterocycles. The molecule has 0 aromatic carbocycles. The first-order valence-corrected chi connectivity index (χ1v) is 5.10. The van der Waals surface area contributed by atoms with Gasteiger partial charge >= 0.3 is 5.97 Å². The second-order valence-corrected chi connectivity index (χ2v) is 3.72. The molecule has 0 amide bonds. The van der Waals surface area contributed by atoms with Crippen molar-refractivity contribution in [3.8, 4) is 0 Å². The molecule has 80 valence electrons. The maximum Gasteiger partial charge on any atom is 0.309 e. The zero-order valence-electron chi connectivity index (χ0n) is 8.64. The molecule has 1 fully saturated rings. The van der Waals surface area contributed by atoms with E-state index in [1.807, 2.05) is 13.0 Å². The van der Waals surface area contributed by atoms with Gasteiger partial charge in [-0.05, 0) is 30.9 Å². The van der Waals surface area contributed by atoms with E-state index in [-0.39, 0.29) is 17.8 Å². The first kappa shape index (κ1) is 9.96. The van der Waals surface area contributed by atoms with Gasteiger partial charge in [0, 0.05) is 6.20 Å². The summed E-state index contributed by atoms with van der Waals surface area (Å²) < 4.78 is 4.96. The predicted octanol–water partition coefficient (Wildman–Crippen LogP) is 1.33. The van der Waals surface area contributed by atoms with Crippen molar-refractivity contribution in [1.82, 2.24) is 4.98 Å². The monoisotopic (exact) mass is 206 g/mol. The molecule has 0 spiro atoms. The molecule has 0 radical (unpaired) electrons. The number of aromatic nitrogens is 1. The summed E-state index contributed by atoms with van der Waals surface area (Å²) in [7, 11) is 0. The highest BCUT2D eigenvalue weighted by molar-refractivity contribution is 5.77. The number of hydrogen-bond donors (Lipinski definition) is 1. The largest absolute Gasteiger partial charge is 0.466 e. The van der Waals surface area contributed by atoms with Gasteiger partial charge in [-0.15, -0.1) is 0 Å². The van der Waals surface area contributed by atoms with Crippen molar-refractivity contribution in [2.75, 3.05) is 12.3 Å². The lowest BCUT2D eigenvalue weighted by atomic mass is 10.1. The highest BCUT2D eigenvalue weighted by Gasteiger charge is 2.45. The topological polar surface area (TPSA) is 65.2 Å². The van der Waals surface area contributed by atoms with Crippen LogP contribution in [0.2, 0.25) is 0 Å². The van der Waals surface area contributed by atoms with Crippen LogP contribution in [-0.4, -0.2) is 17.6 Å². The minimum Gasteiger partial charge on any atom is -0.466 e. The number of hydrogen-bond acceptors (Lipinski definition) is 4. The molecule has 4 nitrogen and oxygen atoms in total. The third kappa shape index (κ3) is 2.09. The number of esters is 1. The van der Waals surface area contributed by atoms with E-state index >= 15 is 0 Å². The zero-order chi connectivity index (χ0) is 10.8. The fourth-order valence-electron chi connectivity index (χ4n) is 1.71. The Labute approximate surface area is 88.4 Å². The highest BCUT2D eigenvalue weighted by Crippen LogP contribution is 2.47. The molecule has 0 bridgehead atoms. The van der Waals surface area contributed by atoms with Gasteiger partial charge < -0.3 is 10.5 Å². The number of anilines is 1. The van der Waals surface area contributed by atoms with Crippen LogP contribution in [-0.2, 0) is 9.53 Å². The van der Waals surface area contributed by atoms with E-state index < -0.39 is 0 Å². The minimum absolute atomic E-state index is 0.0235. The van der Waals surface area contributed by atoms with Crippen molar-refractivity contribution in [2.24, 2.45) is 5.92 Å². The van der Waals surface area contributed by atoms with E-state index in [2.05, 4.69) is 4.98 Å². The van der Waals surface area contributed by atoms with Crippen molar-refractivity contribution in [1.29, 1.82) is 0 Å². The van der Waals surface area contributed by atoms with Crippen LogP contribution < -0.4 is 5.73 Å². The lowest BCUT2D eigenvalue weighted by Gasteiger charge is -2.01. The SMILES string of the molecule is CCOC(=O)C1CC1c1ccc(N)nc1. The molecule has 0 aliphatic heterocycles. The molecule has 4 heteroatoms. The quantitative estimate of drug-likeness (QED) is 0.758. The van der Waals surface area contributed by atoms with Gasteiger partial charge in [0.2, 0.25) is 0 Å². The van der Waals surface area contributed by atoms with Crippen LogP contribution in [0, 0.1) is 5.92 Å². The van der Waals surface area contributed by atoms with Crippen LogP contribution >= 0.6 is 0 Å². The molecule has 2 N–H and O–H groups in total. The molecule has 15 heavy (non-hydrogen) atoms. The fraction of sp³-hybridized carbons (Fsp3) is 0.455. The summed E-state index contributed by atoms with van der Waals surface area (Å²) in [4.78, 5) is 15.4. The van der Waals surface area contributed by atoms with Crippen LogP contribution in [0.1, 0.15) is 24.8 Å². The Kier molecular flexibility index (Phi) is 2.58. The number of nitrogens with two attached hydrogens (primary N) is 1. The Bertz CT molecular complexity index is 361. The third-order valence-electron chi connectivity index (χ3n) is 2.62. The van der Waals surface area contributed by atoms with Crippen LogP contribution in [0.25, 0.3) is 0 Å². The Hall–Kier alpha value is -1.58. The van der Waals surface area contributed by atoms with E-state index in [0.717, 1.165) is 12.0 Å². The standard InChI is InChI=1S/C11H14N2O2/c1-2-15-11(14)9-5-8(9)7-3-4-10(12)13-6-7/h3-4,6,8-9H,2,5H2,1H3,(H2,12,13). The van der Waals surface area contributed by atoms with Gasteiger partial charge in [0.1, 0.15) is 5.82 Å². The van der Waals surface area contributed by atoms with Crippen LogP contribution in [0.5, 0.6) is 0 Å². The molecule has 1 aliphatic carbocycles. The van der Waals surface area contributed by atoms with Gasteiger partial charge in [-0.1, -0.05) is 6.07 Å². The van der Waals surface area contributed by atoms with Crippen molar-refractivity contribution in [3.63, 3.8) is 0 Å². The van der Waals surface area contributed by atoms with E-state index in [4.69, 9.17) is 10.5 Å². The van der Waals surface area contributed by atoms with Crippen LogP contribution in [0.3, 0.4) is 0 Å². The van der Waals surface area contributed by atoms with Crippen LogP contribution in [0.15, 0.2) is 18.3 Å². The molecule has 1 aliphatic rings. The maximum absolute atomic E-state index is 11.4. The molecule has 2 rings (SSSR count). The second kappa shape index (κ2) is 3.88. The van der Waals surface area contributed by atoms with Gasteiger partial charge in [-0.25, -0.2) is 4.98 Å². The summed E-state index contributed by atoms with van der Waals surface area (Å²) in [6.07, 6.45) is 2.60. The average Bonchev–Trinajstić information content (AvgIpc) is 2.99. The van der Waals surface area contributed by atoms with E-state index in [1.165, 1.54) is 0 Å². The molecule has 1 heterocycles. The number of rotatable bonds is 3. The smallest absolute Gasteiger partial charge is 0.309 e. The third-order valence-corrected chi connectivity index (χ3v) is 2.62. The number of carbonyl (C=O) groups is 1. The molecule has 1 saturated carbocycles. The molecule has 1 aromatic rings. The molecule has 2 unspecified atom stereocenters. The molecular weight excluding hydrogens is 192 g/mol. The number of nitrogen functional groups attached to an aromatic ring is 1. The first-order chi connectivity index (χ1) is 7.22. The number of pyridine rings is 1. The van der Waals surface area contributed by atoms with Gasteiger partial charge in [0.15, 0.2) is 0 Å². The Morgan fingerprint density at radius 1 is 1.67 bits per heavy atom. The first-order valence-electron chi connectivity index (χ1n) is 5.10. The maximum atomic E-state index is 11.4. The summed E-state index contributed by atoms with van der Waals surface area (Å²) in [6.45, 7) is 2.27. The van der Waals surface area contributed by atoms with Gasteiger partial charge in [0.05, 0.1) is 12.5 Å². The molecule has 2 atom stereocenters. The lowest BCUT2D eigenvalue weighted by Crippen LogP contribution is -2.07. The van der Waals surface area contributed by atoms with Gasteiger partial charge in [0.25, 0.3) is 0 Å². The van der Waals surface area contributed by atoms with Gasteiger partial charge in [-0.2, -0.15) is 0 Å². The Morgan fingerprint density at radius 3 is 3.07 bits per heavy atom. The zero-order valence-corrected chi connectivity index (χ0v) is 8.64. The summed E-state index contributed by atoms with van der Waals surface area (Å²) in [5.41, 5.74) is 6.56. The van der Waals surface area contributed by atoms with Crippen molar-refractivity contribution in [3.05, 3.63) is 23.9 Å².